The van der Waals surface area contributed by atoms with Gasteiger partial charge in [0.05, 0.1) is 16.4 Å². The SMILES string of the molecule is CN1CCN(C)C(c2ccc(Nc3nc(-c4ccc(Cl)c(NC(=O)Oc5cc6c(s5)CCCC6)c4)cn(C)c3=O)cc2)C1=O. The summed E-state index contributed by atoms with van der Waals surface area (Å²) in [5.41, 5.74) is 4.00. The third kappa shape index (κ3) is 6.21. The molecule has 44 heavy (non-hydrogen) atoms. The van der Waals surface area contributed by atoms with Gasteiger partial charge in [0, 0.05) is 49.5 Å². The quantitative estimate of drug-likeness (QED) is 0.275. The number of aromatic nitrogens is 2. The van der Waals surface area contributed by atoms with Crippen LogP contribution in [-0.2, 0) is 24.7 Å². The zero-order valence-electron chi connectivity index (χ0n) is 24.7. The lowest BCUT2D eigenvalue weighted by Gasteiger charge is -2.37. The molecular formula is C32H33ClN6O4S. The molecule has 2 aliphatic rings. The third-order valence-electron chi connectivity index (χ3n) is 8.07. The molecule has 3 heterocycles. The van der Waals surface area contributed by atoms with E-state index in [1.165, 1.54) is 26.3 Å². The highest BCUT2D eigenvalue weighted by Gasteiger charge is 2.31. The van der Waals surface area contributed by atoms with Gasteiger partial charge >= 0.3 is 6.09 Å². The smallest absolute Gasteiger partial charge is 0.399 e. The van der Waals surface area contributed by atoms with Gasteiger partial charge in [0.2, 0.25) is 5.91 Å². The van der Waals surface area contributed by atoms with Crippen molar-refractivity contribution in [1.29, 1.82) is 0 Å². The Balaban J connectivity index is 1.19. The van der Waals surface area contributed by atoms with Crippen molar-refractivity contribution in [2.75, 3.05) is 37.8 Å². The van der Waals surface area contributed by atoms with Crippen LogP contribution in [0.1, 0.15) is 34.9 Å². The van der Waals surface area contributed by atoms with Crippen LogP contribution in [0.4, 0.5) is 22.0 Å². The number of hydrogen-bond donors (Lipinski definition) is 2. The average molecular weight is 633 g/mol. The minimum absolute atomic E-state index is 0.0537. The molecule has 1 saturated heterocycles. The number of benzene rings is 2. The van der Waals surface area contributed by atoms with E-state index >= 15 is 0 Å². The predicted octanol–water partition coefficient (Wildman–Crippen LogP) is 5.84. The second kappa shape index (κ2) is 12.4. The number of nitrogens with one attached hydrogen (secondary N) is 2. The summed E-state index contributed by atoms with van der Waals surface area (Å²) in [5, 5.41) is 6.77. The van der Waals surface area contributed by atoms with Crippen molar-refractivity contribution < 1.29 is 14.3 Å². The number of carbonyl (C=O) groups excluding carboxylic acids is 2. The largest absolute Gasteiger partial charge is 0.417 e. The Bertz CT molecular complexity index is 1760. The van der Waals surface area contributed by atoms with E-state index in [1.807, 2.05) is 49.3 Å². The summed E-state index contributed by atoms with van der Waals surface area (Å²) < 4.78 is 7.01. The highest BCUT2D eigenvalue weighted by Crippen LogP contribution is 2.35. The number of ether oxygens (including phenoxy) is 1. The zero-order chi connectivity index (χ0) is 31.0. The van der Waals surface area contributed by atoms with Crippen LogP contribution in [0.5, 0.6) is 5.06 Å². The summed E-state index contributed by atoms with van der Waals surface area (Å²) in [6.45, 7) is 1.49. The molecular weight excluding hydrogens is 600 g/mol. The van der Waals surface area contributed by atoms with Gasteiger partial charge in [0.1, 0.15) is 6.04 Å². The van der Waals surface area contributed by atoms with E-state index < -0.39 is 6.09 Å². The number of hydrogen-bond acceptors (Lipinski definition) is 8. The summed E-state index contributed by atoms with van der Waals surface area (Å²) in [7, 11) is 5.40. The first kappa shape index (κ1) is 29.9. The Morgan fingerprint density at radius 3 is 2.57 bits per heavy atom. The lowest BCUT2D eigenvalue weighted by molar-refractivity contribution is -0.139. The molecule has 6 rings (SSSR count). The van der Waals surface area contributed by atoms with Gasteiger partial charge in [-0.1, -0.05) is 29.8 Å². The van der Waals surface area contributed by atoms with Crippen LogP contribution >= 0.6 is 22.9 Å². The molecule has 228 valence electrons. The first-order valence-corrected chi connectivity index (χ1v) is 15.7. The van der Waals surface area contributed by atoms with Crippen LogP contribution in [-0.4, -0.2) is 58.5 Å². The van der Waals surface area contributed by atoms with Crippen LogP contribution in [0.2, 0.25) is 5.02 Å². The second-order valence-corrected chi connectivity index (χ2v) is 12.7. The van der Waals surface area contributed by atoms with E-state index in [0.29, 0.717) is 39.3 Å². The van der Waals surface area contributed by atoms with Crippen molar-refractivity contribution in [3.63, 3.8) is 0 Å². The minimum Gasteiger partial charge on any atom is -0.399 e. The summed E-state index contributed by atoms with van der Waals surface area (Å²) in [5.74, 6) is 0.187. The molecule has 2 amide bonds. The van der Waals surface area contributed by atoms with Crippen LogP contribution < -0.4 is 20.9 Å². The summed E-state index contributed by atoms with van der Waals surface area (Å²) in [4.78, 5) is 48.2. The summed E-state index contributed by atoms with van der Waals surface area (Å²) in [6, 6.07) is 14.2. The highest BCUT2D eigenvalue weighted by molar-refractivity contribution is 7.14. The van der Waals surface area contributed by atoms with Crippen molar-refractivity contribution in [3.8, 4) is 16.3 Å². The van der Waals surface area contributed by atoms with Gasteiger partial charge in [-0.2, -0.15) is 0 Å². The zero-order valence-corrected chi connectivity index (χ0v) is 26.3. The highest BCUT2D eigenvalue weighted by atomic mass is 35.5. The van der Waals surface area contributed by atoms with E-state index in [2.05, 4.69) is 15.6 Å². The molecule has 2 aromatic heterocycles. The first-order valence-electron chi connectivity index (χ1n) is 14.5. The maximum atomic E-state index is 13.0. The Hall–Kier alpha value is -4.19. The van der Waals surface area contributed by atoms with Gasteiger partial charge < -0.3 is 19.5 Å². The normalized spacial score (nSPS) is 16.9. The van der Waals surface area contributed by atoms with E-state index in [1.54, 1.807) is 36.3 Å². The molecule has 1 atom stereocenters. The standard InChI is InChI=1S/C32H33ClN6O4S/c1-37-14-15-38(2)30(40)28(37)19-8-11-22(12-9-19)34-29-31(41)39(3)18-25(35-29)20-10-13-23(33)24(16-20)36-32(42)43-27-17-21-6-4-5-7-26(21)44-27/h8-13,16-18,28H,4-7,14-15H2,1-3H3,(H,34,35)(H,36,42). The number of likely N-dealkylation sites (N-methyl/N-ethyl adjacent to an activating group) is 2. The van der Waals surface area contributed by atoms with Crippen LogP contribution in [0.15, 0.2) is 59.5 Å². The van der Waals surface area contributed by atoms with E-state index in [0.717, 1.165) is 37.8 Å². The van der Waals surface area contributed by atoms with Gasteiger partial charge in [0.15, 0.2) is 10.9 Å². The number of anilines is 3. The molecule has 1 unspecified atom stereocenters. The molecule has 10 nitrogen and oxygen atoms in total. The van der Waals surface area contributed by atoms with Gasteiger partial charge in [-0.15, -0.1) is 11.3 Å². The van der Waals surface area contributed by atoms with E-state index in [9.17, 15) is 14.4 Å². The molecule has 1 aliphatic carbocycles. The van der Waals surface area contributed by atoms with E-state index in [4.69, 9.17) is 16.3 Å². The molecule has 0 spiro atoms. The second-order valence-electron chi connectivity index (χ2n) is 11.2. The van der Waals surface area contributed by atoms with Gasteiger partial charge in [-0.05, 0) is 74.2 Å². The van der Waals surface area contributed by atoms with Crippen LogP contribution in [0.25, 0.3) is 11.3 Å². The molecule has 12 heteroatoms. The predicted molar refractivity (Wildman–Crippen MR) is 173 cm³/mol. The molecule has 0 radical (unpaired) electrons. The van der Waals surface area contributed by atoms with Crippen molar-refractivity contribution in [1.82, 2.24) is 19.4 Å². The Morgan fingerprint density at radius 2 is 1.80 bits per heavy atom. The average Bonchev–Trinajstić information content (AvgIpc) is 3.41. The number of piperazine rings is 1. The summed E-state index contributed by atoms with van der Waals surface area (Å²) >= 11 is 7.93. The van der Waals surface area contributed by atoms with Gasteiger partial charge in [0.25, 0.3) is 5.56 Å². The maximum Gasteiger partial charge on any atom is 0.417 e. The van der Waals surface area contributed by atoms with Crippen molar-refractivity contribution in [3.05, 3.63) is 86.1 Å². The van der Waals surface area contributed by atoms with Crippen molar-refractivity contribution in [2.24, 2.45) is 7.05 Å². The molecule has 2 aromatic carbocycles. The number of rotatable bonds is 6. The number of halogens is 1. The van der Waals surface area contributed by atoms with Gasteiger partial charge in [-0.3, -0.25) is 19.8 Å². The molecule has 1 fully saturated rings. The molecule has 0 bridgehead atoms. The molecule has 4 aromatic rings. The number of aryl methyl sites for hydroxylation is 3. The molecule has 0 saturated carbocycles. The Labute approximate surface area is 264 Å². The fraction of sp³-hybridized carbons (Fsp3) is 0.312. The number of thiophene rings is 1. The Morgan fingerprint density at radius 1 is 1.02 bits per heavy atom. The van der Waals surface area contributed by atoms with Crippen LogP contribution in [0.3, 0.4) is 0 Å². The maximum absolute atomic E-state index is 13.0. The number of carbonyl (C=O) groups is 2. The number of amides is 2. The molecule has 1 aliphatic heterocycles. The minimum atomic E-state index is -0.630. The fourth-order valence-corrected chi connectivity index (χ4v) is 6.84. The number of fused-ring (bicyclic) bond motifs is 1. The topological polar surface area (TPSA) is 109 Å². The lowest BCUT2D eigenvalue weighted by Crippen LogP contribution is -2.48. The van der Waals surface area contributed by atoms with Gasteiger partial charge in [-0.25, -0.2) is 9.78 Å². The first-order chi connectivity index (χ1) is 21.2. The van der Waals surface area contributed by atoms with Crippen LogP contribution in [0, 0.1) is 0 Å². The summed E-state index contributed by atoms with van der Waals surface area (Å²) in [6.07, 6.45) is 5.33. The third-order valence-corrected chi connectivity index (χ3v) is 9.51. The Kier molecular flexibility index (Phi) is 8.44. The van der Waals surface area contributed by atoms with Crippen molar-refractivity contribution in [2.45, 2.75) is 31.7 Å². The monoisotopic (exact) mass is 632 g/mol. The van der Waals surface area contributed by atoms with E-state index in [-0.39, 0.29) is 23.3 Å². The lowest BCUT2D eigenvalue weighted by atomic mass is 10.00. The van der Waals surface area contributed by atoms with Crippen molar-refractivity contribution >= 4 is 52.1 Å². The number of nitrogens with zero attached hydrogens (tertiary/aromatic N) is 4. The fourth-order valence-electron chi connectivity index (χ4n) is 5.57. The molecule has 2 N–H and O–H groups in total.